The van der Waals surface area contributed by atoms with Gasteiger partial charge in [-0.1, -0.05) is 0 Å². The van der Waals surface area contributed by atoms with Gasteiger partial charge < -0.3 is 11.1 Å². The molecular weight excluding hydrogens is 244 g/mol. The van der Waals surface area contributed by atoms with Crippen molar-refractivity contribution in [3.63, 3.8) is 0 Å². The molecule has 3 N–H and O–H groups in total. The van der Waals surface area contributed by atoms with Gasteiger partial charge in [0.1, 0.15) is 0 Å². The van der Waals surface area contributed by atoms with E-state index in [1.807, 2.05) is 11.3 Å². The molecule has 1 aromatic heterocycles. The standard InChI is InChI=1S/C14H22N2OS/c1-10-5-8-12(18-10)3-2-4-14(17)16-13(9-15)11-6-7-11/h5,8,11,13H,2-4,6-7,9,15H2,1H3,(H,16,17). The Labute approximate surface area is 113 Å². The van der Waals surface area contributed by atoms with Crippen LogP contribution >= 0.6 is 11.3 Å². The zero-order valence-corrected chi connectivity index (χ0v) is 11.8. The van der Waals surface area contributed by atoms with Crippen LogP contribution in [-0.2, 0) is 11.2 Å². The maximum Gasteiger partial charge on any atom is 0.220 e. The second-order valence-corrected chi connectivity index (χ2v) is 6.49. The van der Waals surface area contributed by atoms with Gasteiger partial charge in [-0.2, -0.15) is 0 Å². The number of aryl methyl sites for hydroxylation is 2. The van der Waals surface area contributed by atoms with E-state index in [1.54, 1.807) is 0 Å². The molecule has 1 unspecified atom stereocenters. The maximum atomic E-state index is 11.8. The Bertz CT molecular complexity index is 398. The normalized spacial score (nSPS) is 16.6. The molecule has 1 heterocycles. The van der Waals surface area contributed by atoms with Crippen LogP contribution in [0.3, 0.4) is 0 Å². The van der Waals surface area contributed by atoms with Crippen LogP contribution in [0.15, 0.2) is 12.1 Å². The van der Waals surface area contributed by atoms with Crippen LogP contribution in [0.2, 0.25) is 0 Å². The molecule has 100 valence electrons. The predicted molar refractivity (Wildman–Crippen MR) is 75.7 cm³/mol. The third kappa shape index (κ3) is 4.10. The molecule has 0 radical (unpaired) electrons. The lowest BCUT2D eigenvalue weighted by Crippen LogP contribution is -2.41. The molecule has 1 aliphatic carbocycles. The van der Waals surface area contributed by atoms with E-state index < -0.39 is 0 Å². The number of carbonyl (C=O) groups excluding carboxylic acids is 1. The largest absolute Gasteiger partial charge is 0.352 e. The summed E-state index contributed by atoms with van der Waals surface area (Å²) in [6, 6.07) is 4.50. The van der Waals surface area contributed by atoms with Gasteiger partial charge in [0.15, 0.2) is 0 Å². The number of nitrogens with one attached hydrogen (secondary N) is 1. The van der Waals surface area contributed by atoms with Crippen molar-refractivity contribution in [3.8, 4) is 0 Å². The molecule has 0 aliphatic heterocycles. The van der Waals surface area contributed by atoms with Crippen molar-refractivity contribution in [1.82, 2.24) is 5.32 Å². The van der Waals surface area contributed by atoms with Crippen LogP contribution in [-0.4, -0.2) is 18.5 Å². The fourth-order valence-corrected chi connectivity index (χ4v) is 3.12. The van der Waals surface area contributed by atoms with E-state index >= 15 is 0 Å². The topological polar surface area (TPSA) is 55.1 Å². The zero-order chi connectivity index (χ0) is 13.0. The summed E-state index contributed by atoms with van der Waals surface area (Å²) in [5.74, 6) is 0.796. The first-order chi connectivity index (χ1) is 8.69. The van der Waals surface area contributed by atoms with Gasteiger partial charge in [0.05, 0.1) is 0 Å². The molecule has 3 nitrogen and oxygen atoms in total. The fraction of sp³-hybridized carbons (Fsp3) is 0.643. The van der Waals surface area contributed by atoms with Crippen molar-refractivity contribution in [2.75, 3.05) is 6.54 Å². The minimum atomic E-state index is 0.158. The highest BCUT2D eigenvalue weighted by Crippen LogP contribution is 2.32. The van der Waals surface area contributed by atoms with Gasteiger partial charge in [0.25, 0.3) is 0 Å². The van der Waals surface area contributed by atoms with Crippen LogP contribution < -0.4 is 11.1 Å². The fourth-order valence-electron chi connectivity index (χ4n) is 2.19. The summed E-state index contributed by atoms with van der Waals surface area (Å²) in [6.45, 7) is 2.68. The van der Waals surface area contributed by atoms with Crippen molar-refractivity contribution in [2.24, 2.45) is 11.7 Å². The zero-order valence-electron chi connectivity index (χ0n) is 10.9. The Morgan fingerprint density at radius 2 is 2.33 bits per heavy atom. The van der Waals surface area contributed by atoms with E-state index in [0.29, 0.717) is 18.9 Å². The summed E-state index contributed by atoms with van der Waals surface area (Å²) in [7, 11) is 0. The molecule has 1 amide bonds. The summed E-state index contributed by atoms with van der Waals surface area (Å²) < 4.78 is 0. The Kier molecular flexibility index (Phi) is 4.78. The molecule has 0 aromatic carbocycles. The highest BCUT2D eigenvalue weighted by Gasteiger charge is 2.30. The van der Waals surface area contributed by atoms with Gasteiger partial charge in [-0.25, -0.2) is 0 Å². The Morgan fingerprint density at radius 3 is 2.89 bits per heavy atom. The van der Waals surface area contributed by atoms with Crippen molar-refractivity contribution in [1.29, 1.82) is 0 Å². The Balaban J connectivity index is 1.65. The second-order valence-electron chi connectivity index (χ2n) is 5.11. The highest BCUT2D eigenvalue weighted by atomic mass is 32.1. The van der Waals surface area contributed by atoms with Gasteiger partial charge in [-0.15, -0.1) is 11.3 Å². The van der Waals surface area contributed by atoms with Crippen LogP contribution in [0.25, 0.3) is 0 Å². The second kappa shape index (κ2) is 6.34. The van der Waals surface area contributed by atoms with Gasteiger partial charge >= 0.3 is 0 Å². The average molecular weight is 266 g/mol. The van der Waals surface area contributed by atoms with Gasteiger partial charge in [0, 0.05) is 28.8 Å². The quantitative estimate of drug-likeness (QED) is 0.795. The summed E-state index contributed by atoms with van der Waals surface area (Å²) in [5, 5.41) is 3.06. The number of rotatable bonds is 7. The first kappa shape index (κ1) is 13.6. The first-order valence-corrected chi connectivity index (χ1v) is 7.55. The summed E-state index contributed by atoms with van der Waals surface area (Å²) in [4.78, 5) is 14.5. The lowest BCUT2D eigenvalue weighted by atomic mass is 10.1. The molecule has 2 rings (SSSR count). The molecule has 1 fully saturated rings. The molecular formula is C14H22N2OS. The number of carbonyl (C=O) groups is 1. The smallest absolute Gasteiger partial charge is 0.220 e. The Hall–Kier alpha value is -0.870. The highest BCUT2D eigenvalue weighted by molar-refractivity contribution is 7.11. The average Bonchev–Trinajstić information content (AvgIpc) is 3.10. The minimum Gasteiger partial charge on any atom is -0.352 e. The molecule has 0 saturated heterocycles. The van der Waals surface area contributed by atoms with E-state index in [1.165, 1.54) is 22.6 Å². The van der Waals surface area contributed by atoms with E-state index in [-0.39, 0.29) is 11.9 Å². The first-order valence-electron chi connectivity index (χ1n) is 6.74. The van der Waals surface area contributed by atoms with E-state index in [4.69, 9.17) is 5.73 Å². The molecule has 0 spiro atoms. The number of hydrogen-bond donors (Lipinski definition) is 2. The van der Waals surface area contributed by atoms with Crippen molar-refractivity contribution < 1.29 is 4.79 Å². The van der Waals surface area contributed by atoms with E-state index in [9.17, 15) is 4.79 Å². The minimum absolute atomic E-state index is 0.158. The number of thiophene rings is 1. The molecule has 0 bridgehead atoms. The SMILES string of the molecule is Cc1ccc(CCCC(=O)NC(CN)C2CC2)s1. The molecule has 1 atom stereocenters. The van der Waals surface area contributed by atoms with Crippen LogP contribution in [0, 0.1) is 12.8 Å². The lowest BCUT2D eigenvalue weighted by Gasteiger charge is -2.15. The van der Waals surface area contributed by atoms with Gasteiger partial charge in [-0.05, 0) is 50.7 Å². The number of nitrogens with two attached hydrogens (primary N) is 1. The third-order valence-corrected chi connectivity index (χ3v) is 4.47. The van der Waals surface area contributed by atoms with Crippen LogP contribution in [0.1, 0.15) is 35.4 Å². The van der Waals surface area contributed by atoms with Crippen molar-refractivity contribution >= 4 is 17.2 Å². The monoisotopic (exact) mass is 266 g/mol. The van der Waals surface area contributed by atoms with Crippen molar-refractivity contribution in [2.45, 2.75) is 45.1 Å². The number of hydrogen-bond acceptors (Lipinski definition) is 3. The summed E-state index contributed by atoms with van der Waals surface area (Å²) >= 11 is 1.82. The summed E-state index contributed by atoms with van der Waals surface area (Å²) in [6.07, 6.45) is 4.98. The van der Waals surface area contributed by atoms with Gasteiger partial charge in [0.2, 0.25) is 5.91 Å². The molecule has 4 heteroatoms. The molecule has 1 saturated carbocycles. The third-order valence-electron chi connectivity index (χ3n) is 3.41. The maximum absolute atomic E-state index is 11.8. The Morgan fingerprint density at radius 1 is 1.56 bits per heavy atom. The van der Waals surface area contributed by atoms with Crippen LogP contribution in [0.5, 0.6) is 0 Å². The molecule has 18 heavy (non-hydrogen) atoms. The van der Waals surface area contributed by atoms with E-state index in [0.717, 1.165) is 12.8 Å². The van der Waals surface area contributed by atoms with Crippen LogP contribution in [0.4, 0.5) is 0 Å². The molecule has 1 aromatic rings. The van der Waals surface area contributed by atoms with E-state index in [2.05, 4.69) is 24.4 Å². The molecule has 1 aliphatic rings. The number of amides is 1. The summed E-state index contributed by atoms with van der Waals surface area (Å²) in [5.41, 5.74) is 5.67. The predicted octanol–water partition coefficient (Wildman–Crippen LogP) is 2.23. The lowest BCUT2D eigenvalue weighted by molar-refractivity contribution is -0.122. The van der Waals surface area contributed by atoms with Gasteiger partial charge in [-0.3, -0.25) is 4.79 Å². The van der Waals surface area contributed by atoms with Crippen molar-refractivity contribution in [3.05, 3.63) is 21.9 Å².